The van der Waals surface area contributed by atoms with Crippen LogP contribution in [-0.4, -0.2) is 56.6 Å². The predicted octanol–water partition coefficient (Wildman–Crippen LogP) is 3.23. The molecule has 0 fully saturated rings. The van der Waals surface area contributed by atoms with E-state index in [-0.39, 0.29) is 18.0 Å². The summed E-state index contributed by atoms with van der Waals surface area (Å²) < 4.78 is 45.4. The fraction of sp³-hybridized carbons (Fsp3) is 0.364. The average Bonchev–Trinajstić information content (AvgIpc) is 2.77. The zero-order valence-corrected chi connectivity index (χ0v) is 19.9. The van der Waals surface area contributed by atoms with Gasteiger partial charge in [-0.05, 0) is 37.3 Å². The van der Waals surface area contributed by atoms with Crippen molar-refractivity contribution < 1.29 is 27.1 Å². The molecule has 0 radical (unpaired) electrons. The van der Waals surface area contributed by atoms with Crippen LogP contribution in [0.1, 0.15) is 29.8 Å². The van der Waals surface area contributed by atoms with Crippen LogP contribution in [0.25, 0.3) is 0 Å². The smallest absolute Gasteiger partial charge is 0.341 e. The standard InChI is InChI=1S/C22H27FN2O5S2/c1-4-25(5-2)32(28,29)18-10-11-20(23)19(14-18)22(27)30-15-21(26)24-12-13-31-17-8-6-16(3)7-9-17/h6-11,14H,4-5,12-13,15H2,1-3H3,(H,24,26). The molecule has 7 nitrogen and oxygen atoms in total. The van der Waals surface area contributed by atoms with Gasteiger partial charge in [-0.15, -0.1) is 11.8 Å². The van der Waals surface area contributed by atoms with Gasteiger partial charge in [-0.25, -0.2) is 17.6 Å². The van der Waals surface area contributed by atoms with Crippen molar-refractivity contribution in [2.75, 3.05) is 32.0 Å². The summed E-state index contributed by atoms with van der Waals surface area (Å²) in [5.41, 5.74) is 0.623. The molecule has 0 spiro atoms. The van der Waals surface area contributed by atoms with Crippen molar-refractivity contribution in [3.63, 3.8) is 0 Å². The summed E-state index contributed by atoms with van der Waals surface area (Å²) in [5.74, 6) is -1.94. The van der Waals surface area contributed by atoms with E-state index in [1.54, 1.807) is 25.6 Å². The summed E-state index contributed by atoms with van der Waals surface area (Å²) in [5, 5.41) is 2.62. The highest BCUT2D eigenvalue weighted by Crippen LogP contribution is 2.20. The first-order chi connectivity index (χ1) is 15.2. The van der Waals surface area contributed by atoms with E-state index in [0.717, 1.165) is 28.7 Å². The number of carbonyl (C=O) groups is 2. The molecule has 2 rings (SSSR count). The lowest BCUT2D eigenvalue weighted by Crippen LogP contribution is -2.31. The minimum absolute atomic E-state index is 0.216. The van der Waals surface area contributed by atoms with Gasteiger partial charge in [0, 0.05) is 30.3 Å². The van der Waals surface area contributed by atoms with E-state index in [1.165, 1.54) is 4.31 Å². The highest BCUT2D eigenvalue weighted by molar-refractivity contribution is 7.99. The number of thioether (sulfide) groups is 1. The van der Waals surface area contributed by atoms with E-state index in [0.29, 0.717) is 12.3 Å². The first-order valence-electron chi connectivity index (χ1n) is 10.1. The molecule has 0 aromatic heterocycles. The second kappa shape index (κ2) is 12.0. The predicted molar refractivity (Wildman–Crippen MR) is 122 cm³/mol. The lowest BCUT2D eigenvalue weighted by Gasteiger charge is -2.18. The molecule has 1 amide bonds. The van der Waals surface area contributed by atoms with Crippen LogP contribution in [-0.2, 0) is 19.6 Å². The lowest BCUT2D eigenvalue weighted by molar-refractivity contribution is -0.124. The molecular formula is C22H27FN2O5S2. The van der Waals surface area contributed by atoms with Gasteiger partial charge in [0.1, 0.15) is 5.82 Å². The van der Waals surface area contributed by atoms with Crippen molar-refractivity contribution in [2.24, 2.45) is 0 Å². The molecule has 10 heteroatoms. The van der Waals surface area contributed by atoms with Crippen molar-refractivity contribution in [2.45, 2.75) is 30.6 Å². The quantitative estimate of drug-likeness (QED) is 0.300. The van der Waals surface area contributed by atoms with Gasteiger partial charge in [-0.1, -0.05) is 31.5 Å². The van der Waals surface area contributed by atoms with Crippen molar-refractivity contribution in [3.05, 3.63) is 59.4 Å². The average molecular weight is 483 g/mol. The summed E-state index contributed by atoms with van der Waals surface area (Å²) in [4.78, 5) is 25.0. The molecule has 0 aliphatic rings. The number of aryl methyl sites for hydroxylation is 1. The monoisotopic (exact) mass is 482 g/mol. The summed E-state index contributed by atoms with van der Waals surface area (Å²) in [7, 11) is -3.87. The molecule has 2 aromatic rings. The summed E-state index contributed by atoms with van der Waals surface area (Å²) in [6.45, 7) is 5.59. The number of sulfonamides is 1. The number of amides is 1. The molecule has 0 unspecified atom stereocenters. The third-order valence-electron chi connectivity index (χ3n) is 4.55. The summed E-state index contributed by atoms with van der Waals surface area (Å²) in [6, 6.07) is 10.9. The molecule has 0 heterocycles. The highest BCUT2D eigenvalue weighted by atomic mass is 32.2. The number of nitrogens with one attached hydrogen (secondary N) is 1. The first-order valence-corrected chi connectivity index (χ1v) is 12.5. The number of hydrogen-bond donors (Lipinski definition) is 1. The van der Waals surface area contributed by atoms with E-state index < -0.39 is 39.9 Å². The normalized spacial score (nSPS) is 11.4. The van der Waals surface area contributed by atoms with Gasteiger partial charge in [-0.3, -0.25) is 4.79 Å². The van der Waals surface area contributed by atoms with Crippen LogP contribution in [0, 0.1) is 12.7 Å². The van der Waals surface area contributed by atoms with Crippen LogP contribution in [0.2, 0.25) is 0 Å². The second-order valence-electron chi connectivity index (χ2n) is 6.82. The SMILES string of the molecule is CCN(CC)S(=O)(=O)c1ccc(F)c(C(=O)OCC(=O)NCCSc2ccc(C)cc2)c1. The molecule has 0 bridgehead atoms. The zero-order valence-electron chi connectivity index (χ0n) is 18.3. The number of esters is 1. The van der Waals surface area contributed by atoms with E-state index in [9.17, 15) is 22.4 Å². The molecule has 0 saturated carbocycles. The maximum Gasteiger partial charge on any atom is 0.341 e. The summed E-state index contributed by atoms with van der Waals surface area (Å²) in [6.07, 6.45) is 0. The number of benzene rings is 2. The second-order valence-corrected chi connectivity index (χ2v) is 9.92. The Balaban J connectivity index is 1.89. The van der Waals surface area contributed by atoms with Gasteiger partial charge in [-0.2, -0.15) is 4.31 Å². The van der Waals surface area contributed by atoms with Gasteiger partial charge >= 0.3 is 5.97 Å². The van der Waals surface area contributed by atoms with Crippen LogP contribution in [0.15, 0.2) is 52.3 Å². The van der Waals surface area contributed by atoms with E-state index >= 15 is 0 Å². The molecular weight excluding hydrogens is 455 g/mol. The third kappa shape index (κ3) is 7.04. The summed E-state index contributed by atoms with van der Waals surface area (Å²) >= 11 is 1.57. The highest BCUT2D eigenvalue weighted by Gasteiger charge is 2.25. The van der Waals surface area contributed by atoms with Crippen LogP contribution in [0.3, 0.4) is 0 Å². The Hall–Kier alpha value is -2.43. The Morgan fingerprint density at radius 2 is 1.75 bits per heavy atom. The molecule has 0 aliphatic carbocycles. The fourth-order valence-corrected chi connectivity index (χ4v) is 5.04. The molecule has 2 aromatic carbocycles. The number of nitrogens with zero attached hydrogens (tertiary/aromatic N) is 1. The molecule has 1 N–H and O–H groups in total. The van der Waals surface area contributed by atoms with Crippen LogP contribution < -0.4 is 5.32 Å². The molecule has 174 valence electrons. The van der Waals surface area contributed by atoms with Gasteiger partial charge in [0.05, 0.1) is 10.5 Å². The zero-order chi connectivity index (χ0) is 23.7. The lowest BCUT2D eigenvalue weighted by atomic mass is 10.2. The Bertz CT molecular complexity index is 1040. The van der Waals surface area contributed by atoms with E-state index in [4.69, 9.17) is 4.74 Å². The maximum absolute atomic E-state index is 14.1. The van der Waals surface area contributed by atoms with Crippen molar-refractivity contribution in [3.8, 4) is 0 Å². The number of ether oxygens (including phenoxy) is 1. The van der Waals surface area contributed by atoms with Crippen LogP contribution in [0.5, 0.6) is 0 Å². The third-order valence-corrected chi connectivity index (χ3v) is 7.61. The van der Waals surface area contributed by atoms with E-state index in [2.05, 4.69) is 5.32 Å². The molecule has 0 atom stereocenters. The maximum atomic E-state index is 14.1. The van der Waals surface area contributed by atoms with Crippen LogP contribution >= 0.6 is 11.8 Å². The van der Waals surface area contributed by atoms with Gasteiger partial charge in [0.15, 0.2) is 6.61 Å². The van der Waals surface area contributed by atoms with Crippen molar-refractivity contribution in [1.82, 2.24) is 9.62 Å². The minimum Gasteiger partial charge on any atom is -0.452 e. The topological polar surface area (TPSA) is 92.8 Å². The largest absolute Gasteiger partial charge is 0.452 e. The Morgan fingerprint density at radius 3 is 2.38 bits per heavy atom. The Labute approximate surface area is 192 Å². The number of rotatable bonds is 11. The van der Waals surface area contributed by atoms with Crippen molar-refractivity contribution >= 4 is 33.7 Å². The Morgan fingerprint density at radius 1 is 1.09 bits per heavy atom. The van der Waals surface area contributed by atoms with E-state index in [1.807, 2.05) is 31.2 Å². The first kappa shape index (κ1) is 25.8. The van der Waals surface area contributed by atoms with Crippen molar-refractivity contribution in [1.29, 1.82) is 0 Å². The molecule has 0 saturated heterocycles. The fourth-order valence-electron chi connectivity index (χ4n) is 2.79. The van der Waals surface area contributed by atoms with Gasteiger partial charge < -0.3 is 10.1 Å². The van der Waals surface area contributed by atoms with Crippen LogP contribution in [0.4, 0.5) is 4.39 Å². The van der Waals surface area contributed by atoms with Gasteiger partial charge in [0.2, 0.25) is 10.0 Å². The van der Waals surface area contributed by atoms with Gasteiger partial charge in [0.25, 0.3) is 5.91 Å². The number of hydrogen-bond acceptors (Lipinski definition) is 6. The minimum atomic E-state index is -3.87. The number of carbonyl (C=O) groups excluding carboxylic acids is 2. The Kier molecular flexibility index (Phi) is 9.67. The number of halogens is 1. The molecule has 0 aliphatic heterocycles. The molecule has 32 heavy (non-hydrogen) atoms.